The molecule has 2 aromatic rings. The first-order valence-electron chi connectivity index (χ1n) is 14.2. The molecule has 1 atom stereocenters. The highest BCUT2D eigenvalue weighted by Gasteiger charge is 2.35. The molecule has 2 fully saturated rings. The molecule has 0 bridgehead atoms. The van der Waals surface area contributed by atoms with Crippen molar-refractivity contribution in [2.24, 2.45) is 0 Å². The minimum Gasteiger partial charge on any atom is -0.369 e. The summed E-state index contributed by atoms with van der Waals surface area (Å²) in [5.41, 5.74) is 0.489. The quantitative estimate of drug-likeness (QED) is 0.384. The van der Waals surface area contributed by atoms with Crippen LogP contribution < -0.4 is 10.6 Å². The lowest BCUT2D eigenvalue weighted by molar-refractivity contribution is -0.137. The van der Waals surface area contributed by atoms with Crippen molar-refractivity contribution in [2.45, 2.75) is 90.4 Å². The number of hydrogen-bond donors (Lipinski definition) is 2. The Morgan fingerprint density at radius 1 is 1.15 bits per heavy atom. The molecule has 0 aliphatic carbocycles. The maximum absolute atomic E-state index is 13.7. The number of aromatic nitrogens is 4. The molecule has 2 aromatic heterocycles. The third kappa shape index (κ3) is 7.61. The molecule has 4 heterocycles. The monoisotopic (exact) mass is 550 g/mol. The van der Waals surface area contributed by atoms with E-state index in [0.717, 1.165) is 63.5 Å². The third-order valence-electron chi connectivity index (χ3n) is 7.91. The third-order valence-corrected chi connectivity index (χ3v) is 7.91. The summed E-state index contributed by atoms with van der Waals surface area (Å²) in [6, 6.07) is 0.848. The lowest BCUT2D eigenvalue weighted by atomic mass is 10.0. The van der Waals surface area contributed by atoms with Gasteiger partial charge in [-0.1, -0.05) is 13.3 Å². The van der Waals surface area contributed by atoms with Gasteiger partial charge in [0.2, 0.25) is 11.9 Å². The second kappa shape index (κ2) is 13.0. The van der Waals surface area contributed by atoms with Gasteiger partial charge in [0.15, 0.2) is 0 Å². The Morgan fingerprint density at radius 3 is 2.64 bits per heavy atom. The first-order valence-corrected chi connectivity index (χ1v) is 14.2. The van der Waals surface area contributed by atoms with E-state index in [-0.39, 0.29) is 30.3 Å². The molecule has 4 rings (SSSR count). The van der Waals surface area contributed by atoms with E-state index < -0.39 is 11.7 Å². The van der Waals surface area contributed by atoms with E-state index in [1.165, 1.54) is 0 Å². The van der Waals surface area contributed by atoms with E-state index in [9.17, 15) is 18.0 Å². The molecular formula is C27H41F3N8O. The van der Waals surface area contributed by atoms with Crippen LogP contribution in [0.3, 0.4) is 0 Å². The summed E-state index contributed by atoms with van der Waals surface area (Å²) >= 11 is 0. The SMILES string of the molecule is CCC(C)N1CCC(n2cc(Nc3ncc(C(F)(F)F)c(NCCCN4CCCCCC4=O)n3)c(C)n2)CC1. The molecule has 2 saturated heterocycles. The minimum absolute atomic E-state index is 0.0717. The molecule has 216 valence electrons. The summed E-state index contributed by atoms with van der Waals surface area (Å²) in [4.78, 5) is 24.6. The van der Waals surface area contributed by atoms with Gasteiger partial charge in [0.1, 0.15) is 11.4 Å². The zero-order valence-electron chi connectivity index (χ0n) is 23.2. The zero-order chi connectivity index (χ0) is 28.0. The Kier molecular flexibility index (Phi) is 9.68. The standard InChI is InChI=1S/C27H41F3N8O/c1-4-19(2)36-15-10-21(11-16-36)38-18-23(20(3)35-38)33-26-32-17-22(27(28,29)30)25(34-26)31-12-8-14-37-13-7-5-6-9-24(37)39/h17-19,21H,4-16H2,1-3H3,(H2,31,32,33,34). The van der Waals surface area contributed by atoms with Gasteiger partial charge in [0.25, 0.3) is 0 Å². The van der Waals surface area contributed by atoms with Crippen LogP contribution in [0.25, 0.3) is 0 Å². The van der Waals surface area contributed by atoms with E-state index >= 15 is 0 Å². The van der Waals surface area contributed by atoms with E-state index in [1.807, 2.05) is 17.8 Å². The largest absolute Gasteiger partial charge is 0.421 e. The van der Waals surface area contributed by atoms with Crippen molar-refractivity contribution in [1.82, 2.24) is 29.5 Å². The Balaban J connectivity index is 1.39. The van der Waals surface area contributed by atoms with Crippen LogP contribution in [-0.4, -0.2) is 74.2 Å². The normalized spacial score (nSPS) is 18.7. The summed E-state index contributed by atoms with van der Waals surface area (Å²) in [5, 5.41) is 10.6. The first kappa shape index (κ1) is 29.1. The van der Waals surface area contributed by atoms with Crippen molar-refractivity contribution in [3.8, 4) is 0 Å². The van der Waals surface area contributed by atoms with Gasteiger partial charge in [-0.2, -0.15) is 23.3 Å². The summed E-state index contributed by atoms with van der Waals surface area (Å²) in [6.07, 6.45) is 5.19. The number of amides is 1. The number of nitrogens with zero attached hydrogens (tertiary/aromatic N) is 6. The Hall–Kier alpha value is -2.89. The fourth-order valence-corrected chi connectivity index (χ4v) is 5.30. The molecule has 2 aliphatic heterocycles. The highest BCUT2D eigenvalue weighted by atomic mass is 19.4. The van der Waals surface area contributed by atoms with E-state index in [2.05, 4.69) is 44.4 Å². The highest BCUT2D eigenvalue weighted by molar-refractivity contribution is 5.76. The Morgan fingerprint density at radius 2 is 1.92 bits per heavy atom. The van der Waals surface area contributed by atoms with Gasteiger partial charge in [-0.3, -0.25) is 9.48 Å². The maximum Gasteiger partial charge on any atom is 0.421 e. The second-order valence-electron chi connectivity index (χ2n) is 10.7. The topological polar surface area (TPSA) is 91.2 Å². The number of aryl methyl sites for hydroxylation is 1. The predicted octanol–water partition coefficient (Wildman–Crippen LogP) is 5.38. The summed E-state index contributed by atoms with van der Waals surface area (Å²) < 4.78 is 43.0. The van der Waals surface area contributed by atoms with Crippen molar-refractivity contribution in [3.63, 3.8) is 0 Å². The molecule has 0 saturated carbocycles. The molecule has 39 heavy (non-hydrogen) atoms. The van der Waals surface area contributed by atoms with Crippen LogP contribution in [0.4, 0.5) is 30.6 Å². The zero-order valence-corrected chi connectivity index (χ0v) is 23.2. The molecule has 2 N–H and O–H groups in total. The van der Waals surface area contributed by atoms with Crippen molar-refractivity contribution < 1.29 is 18.0 Å². The number of rotatable bonds is 10. The van der Waals surface area contributed by atoms with Crippen molar-refractivity contribution in [2.75, 3.05) is 43.4 Å². The smallest absolute Gasteiger partial charge is 0.369 e. The van der Waals surface area contributed by atoms with Crippen LogP contribution in [0.2, 0.25) is 0 Å². The number of piperidine rings is 1. The number of carbonyl (C=O) groups is 1. The number of halogens is 3. The lowest BCUT2D eigenvalue weighted by Gasteiger charge is -2.35. The fourth-order valence-electron chi connectivity index (χ4n) is 5.30. The molecule has 12 heteroatoms. The van der Waals surface area contributed by atoms with Crippen LogP contribution in [0.15, 0.2) is 12.4 Å². The predicted molar refractivity (Wildman–Crippen MR) is 145 cm³/mol. The van der Waals surface area contributed by atoms with Crippen molar-refractivity contribution in [1.29, 1.82) is 0 Å². The van der Waals surface area contributed by atoms with E-state index in [0.29, 0.717) is 37.7 Å². The van der Waals surface area contributed by atoms with Crippen LogP contribution in [0, 0.1) is 6.92 Å². The number of nitrogens with one attached hydrogen (secondary N) is 2. The van der Waals surface area contributed by atoms with Crippen LogP contribution >= 0.6 is 0 Å². The molecule has 0 aromatic carbocycles. The molecule has 0 spiro atoms. The van der Waals surface area contributed by atoms with Gasteiger partial charge in [-0.15, -0.1) is 0 Å². The number of alkyl halides is 3. The number of carbonyl (C=O) groups excluding carboxylic acids is 1. The van der Waals surface area contributed by atoms with Crippen LogP contribution in [0.1, 0.15) is 82.5 Å². The van der Waals surface area contributed by atoms with Gasteiger partial charge >= 0.3 is 6.18 Å². The van der Waals surface area contributed by atoms with Gasteiger partial charge < -0.3 is 20.4 Å². The molecule has 2 aliphatic rings. The molecule has 0 radical (unpaired) electrons. The van der Waals surface area contributed by atoms with E-state index in [1.54, 1.807) is 4.90 Å². The minimum atomic E-state index is -4.59. The number of anilines is 3. The van der Waals surface area contributed by atoms with Gasteiger partial charge in [-0.25, -0.2) is 4.98 Å². The average Bonchev–Trinajstić information content (AvgIpc) is 3.14. The Labute approximate surface area is 228 Å². The lowest BCUT2D eigenvalue weighted by Crippen LogP contribution is -2.40. The van der Waals surface area contributed by atoms with Gasteiger partial charge in [-0.05, 0) is 52.4 Å². The van der Waals surface area contributed by atoms with Crippen molar-refractivity contribution in [3.05, 3.63) is 23.7 Å². The molecule has 1 amide bonds. The van der Waals surface area contributed by atoms with Crippen molar-refractivity contribution >= 4 is 23.4 Å². The van der Waals surface area contributed by atoms with Gasteiger partial charge in [0.05, 0.1) is 17.4 Å². The molecule has 9 nitrogen and oxygen atoms in total. The van der Waals surface area contributed by atoms with Gasteiger partial charge in [0, 0.05) is 57.6 Å². The summed E-state index contributed by atoms with van der Waals surface area (Å²) in [7, 11) is 0. The molecular weight excluding hydrogens is 509 g/mol. The maximum atomic E-state index is 13.7. The van der Waals surface area contributed by atoms with Crippen LogP contribution in [0.5, 0.6) is 0 Å². The van der Waals surface area contributed by atoms with E-state index in [4.69, 9.17) is 0 Å². The van der Waals surface area contributed by atoms with Crippen LogP contribution in [-0.2, 0) is 11.0 Å². The molecule has 1 unspecified atom stereocenters. The Bertz CT molecular complexity index is 1100. The summed E-state index contributed by atoms with van der Waals surface area (Å²) in [6.45, 7) is 9.83. The second-order valence-corrected chi connectivity index (χ2v) is 10.7. The first-order chi connectivity index (χ1) is 18.7. The fraction of sp³-hybridized carbons (Fsp3) is 0.704. The number of hydrogen-bond acceptors (Lipinski definition) is 7. The average molecular weight is 551 g/mol. The number of likely N-dealkylation sites (tertiary alicyclic amines) is 2. The summed E-state index contributed by atoms with van der Waals surface area (Å²) in [5.74, 6) is -0.0823. The highest BCUT2D eigenvalue weighted by Crippen LogP contribution is 2.34.